The van der Waals surface area contributed by atoms with Crippen molar-refractivity contribution in [1.29, 1.82) is 0 Å². The minimum Gasteiger partial charge on any atom is -0.377 e. The van der Waals surface area contributed by atoms with Crippen LogP contribution in [0.5, 0.6) is 0 Å². The molecule has 0 bridgehead atoms. The van der Waals surface area contributed by atoms with E-state index in [4.69, 9.17) is 10.5 Å². The van der Waals surface area contributed by atoms with Crippen molar-refractivity contribution in [3.8, 4) is 0 Å². The van der Waals surface area contributed by atoms with Gasteiger partial charge in [0.25, 0.3) is 0 Å². The van der Waals surface area contributed by atoms with E-state index in [1.54, 1.807) is 0 Å². The van der Waals surface area contributed by atoms with Gasteiger partial charge in [-0.1, -0.05) is 27.7 Å². The Labute approximate surface area is 107 Å². The zero-order valence-electron chi connectivity index (χ0n) is 12.2. The van der Waals surface area contributed by atoms with Gasteiger partial charge in [0.1, 0.15) is 0 Å². The van der Waals surface area contributed by atoms with Gasteiger partial charge in [-0.2, -0.15) is 0 Å². The summed E-state index contributed by atoms with van der Waals surface area (Å²) in [5.41, 5.74) is 6.43. The minimum absolute atomic E-state index is 0.200. The summed E-state index contributed by atoms with van der Waals surface area (Å²) >= 11 is 0. The van der Waals surface area contributed by atoms with Gasteiger partial charge in [-0.3, -0.25) is 4.90 Å². The Morgan fingerprint density at radius 1 is 1.41 bits per heavy atom. The molecule has 0 aromatic heterocycles. The maximum atomic E-state index is 6.21. The Bertz CT molecular complexity index is 223. The molecule has 0 spiro atoms. The molecule has 3 nitrogen and oxygen atoms in total. The molecular formula is C14H30N2O. The molecule has 1 saturated heterocycles. The predicted octanol–water partition coefficient (Wildman–Crippen LogP) is 2.25. The molecule has 1 aliphatic heterocycles. The smallest absolute Gasteiger partial charge is 0.0699 e. The third-order valence-electron chi connectivity index (χ3n) is 3.62. The highest BCUT2D eigenvalue weighted by Gasteiger charge is 2.34. The second-order valence-electron chi connectivity index (χ2n) is 6.42. The molecule has 0 aromatic rings. The van der Waals surface area contributed by atoms with Crippen LogP contribution in [0.4, 0.5) is 0 Å². The van der Waals surface area contributed by atoms with E-state index in [-0.39, 0.29) is 11.5 Å². The van der Waals surface area contributed by atoms with Gasteiger partial charge in [0.05, 0.1) is 6.10 Å². The van der Waals surface area contributed by atoms with Gasteiger partial charge in [0.2, 0.25) is 0 Å². The van der Waals surface area contributed by atoms with Crippen molar-refractivity contribution < 1.29 is 4.74 Å². The van der Waals surface area contributed by atoms with Gasteiger partial charge >= 0.3 is 0 Å². The number of hydrogen-bond donors (Lipinski definition) is 1. The largest absolute Gasteiger partial charge is 0.377 e. The zero-order chi connectivity index (χ0) is 13.1. The highest BCUT2D eigenvalue weighted by molar-refractivity contribution is 4.90. The lowest BCUT2D eigenvalue weighted by Crippen LogP contribution is -2.55. The Kier molecular flexibility index (Phi) is 5.42. The Hall–Kier alpha value is -0.120. The van der Waals surface area contributed by atoms with Crippen LogP contribution in [0.15, 0.2) is 0 Å². The molecule has 0 aliphatic carbocycles. The molecular weight excluding hydrogens is 212 g/mol. The molecule has 1 rings (SSSR count). The molecule has 0 radical (unpaired) electrons. The molecule has 3 heteroatoms. The zero-order valence-corrected chi connectivity index (χ0v) is 12.2. The van der Waals surface area contributed by atoms with E-state index in [1.165, 1.54) is 0 Å². The lowest BCUT2D eigenvalue weighted by molar-refractivity contribution is 0.0255. The summed E-state index contributed by atoms with van der Waals surface area (Å²) in [5.74, 6) is 0. The summed E-state index contributed by atoms with van der Waals surface area (Å²) in [6.45, 7) is 14.2. The van der Waals surface area contributed by atoms with Gasteiger partial charge in [-0.05, 0) is 25.2 Å². The number of hydrogen-bond acceptors (Lipinski definition) is 3. The van der Waals surface area contributed by atoms with Crippen LogP contribution < -0.4 is 5.73 Å². The molecule has 1 fully saturated rings. The lowest BCUT2D eigenvalue weighted by Gasteiger charge is -2.43. The van der Waals surface area contributed by atoms with Crippen molar-refractivity contribution in [1.82, 2.24) is 4.90 Å². The van der Waals surface area contributed by atoms with Gasteiger partial charge in [-0.25, -0.2) is 0 Å². The van der Waals surface area contributed by atoms with E-state index >= 15 is 0 Å². The monoisotopic (exact) mass is 242 g/mol. The van der Waals surface area contributed by atoms with Crippen LogP contribution in [0.25, 0.3) is 0 Å². The van der Waals surface area contributed by atoms with E-state index in [0.717, 1.165) is 32.5 Å². The van der Waals surface area contributed by atoms with E-state index < -0.39 is 0 Å². The fourth-order valence-corrected chi connectivity index (χ4v) is 3.09. The molecule has 1 heterocycles. The maximum absolute atomic E-state index is 6.21. The van der Waals surface area contributed by atoms with Crippen LogP contribution >= 0.6 is 0 Å². The fourth-order valence-electron chi connectivity index (χ4n) is 3.09. The normalized spacial score (nSPS) is 27.5. The average Bonchev–Trinajstić information content (AvgIpc) is 2.40. The molecule has 0 saturated carbocycles. The second kappa shape index (κ2) is 6.17. The minimum atomic E-state index is 0.200. The van der Waals surface area contributed by atoms with E-state index in [2.05, 4.69) is 39.5 Å². The number of nitrogens with two attached hydrogens (primary N) is 1. The third kappa shape index (κ3) is 4.23. The van der Waals surface area contributed by atoms with Crippen LogP contribution in [-0.4, -0.2) is 42.8 Å². The molecule has 102 valence electrons. The maximum Gasteiger partial charge on any atom is 0.0699 e. The summed E-state index contributed by atoms with van der Waals surface area (Å²) in [7, 11) is 0. The highest BCUT2D eigenvalue weighted by atomic mass is 16.5. The Balaban J connectivity index is 2.78. The van der Waals surface area contributed by atoms with Crippen molar-refractivity contribution in [2.24, 2.45) is 11.1 Å². The lowest BCUT2D eigenvalue weighted by atomic mass is 9.81. The van der Waals surface area contributed by atoms with Crippen molar-refractivity contribution >= 4 is 0 Å². The molecule has 0 amide bonds. The highest BCUT2D eigenvalue weighted by Crippen LogP contribution is 2.28. The van der Waals surface area contributed by atoms with E-state index in [9.17, 15) is 0 Å². The molecule has 0 aromatic carbocycles. The summed E-state index contributed by atoms with van der Waals surface area (Å²) in [6.07, 6.45) is 2.59. The first-order chi connectivity index (χ1) is 7.86. The van der Waals surface area contributed by atoms with Crippen molar-refractivity contribution in [2.75, 3.05) is 19.7 Å². The summed E-state index contributed by atoms with van der Waals surface area (Å²) < 4.78 is 5.84. The molecule has 3 unspecified atom stereocenters. The Morgan fingerprint density at radius 2 is 2.06 bits per heavy atom. The van der Waals surface area contributed by atoms with Gasteiger partial charge in [0, 0.05) is 31.8 Å². The summed E-state index contributed by atoms with van der Waals surface area (Å²) in [5, 5.41) is 0. The fraction of sp³-hybridized carbons (Fsp3) is 1.00. The third-order valence-corrected chi connectivity index (χ3v) is 3.62. The molecule has 3 atom stereocenters. The van der Waals surface area contributed by atoms with Crippen LogP contribution in [0.3, 0.4) is 0 Å². The topological polar surface area (TPSA) is 38.5 Å². The summed E-state index contributed by atoms with van der Waals surface area (Å²) in [4.78, 5) is 2.55. The van der Waals surface area contributed by atoms with E-state index in [1.807, 2.05) is 0 Å². The first-order valence-electron chi connectivity index (χ1n) is 6.97. The van der Waals surface area contributed by atoms with E-state index in [0.29, 0.717) is 12.1 Å². The number of nitrogens with zero attached hydrogens (tertiary/aromatic N) is 1. The van der Waals surface area contributed by atoms with Gasteiger partial charge in [-0.15, -0.1) is 0 Å². The molecule has 1 aliphatic rings. The van der Waals surface area contributed by atoms with Crippen LogP contribution in [-0.2, 0) is 4.74 Å². The Morgan fingerprint density at radius 3 is 2.53 bits per heavy atom. The number of rotatable bonds is 3. The average molecular weight is 242 g/mol. The standard InChI is InChI=1S/C14H30N2O/c1-6-12-10-16(8-7-9-17-12)13(11(2)15)14(3,4)5/h11-13H,6-10,15H2,1-5H3. The van der Waals surface area contributed by atoms with Gasteiger partial charge in [0.15, 0.2) is 0 Å². The van der Waals surface area contributed by atoms with Crippen LogP contribution in [0, 0.1) is 5.41 Å². The molecule has 17 heavy (non-hydrogen) atoms. The first kappa shape index (κ1) is 14.9. The van der Waals surface area contributed by atoms with Crippen LogP contribution in [0.2, 0.25) is 0 Å². The van der Waals surface area contributed by atoms with Crippen LogP contribution in [0.1, 0.15) is 47.5 Å². The predicted molar refractivity (Wildman–Crippen MR) is 73.1 cm³/mol. The number of ether oxygens (including phenoxy) is 1. The van der Waals surface area contributed by atoms with Crippen molar-refractivity contribution in [2.45, 2.75) is 65.6 Å². The van der Waals surface area contributed by atoms with Crippen molar-refractivity contribution in [3.63, 3.8) is 0 Å². The summed E-state index contributed by atoms with van der Waals surface area (Å²) in [6, 6.07) is 0.629. The molecule has 2 N–H and O–H groups in total. The SMILES string of the molecule is CCC1CN(C(C(C)N)C(C)(C)C)CCCO1. The quantitative estimate of drug-likeness (QED) is 0.825. The van der Waals surface area contributed by atoms with Crippen molar-refractivity contribution in [3.05, 3.63) is 0 Å². The second-order valence-corrected chi connectivity index (χ2v) is 6.42. The first-order valence-corrected chi connectivity index (χ1v) is 6.97. The van der Waals surface area contributed by atoms with Gasteiger partial charge < -0.3 is 10.5 Å².